The van der Waals surface area contributed by atoms with E-state index in [4.69, 9.17) is 18.9 Å². The van der Waals surface area contributed by atoms with E-state index < -0.39 is 29.2 Å². The zero-order chi connectivity index (χ0) is 31.6. The average Bonchev–Trinajstić information content (AvgIpc) is 3.40. The van der Waals surface area contributed by atoms with Crippen LogP contribution in [0.25, 0.3) is 16.6 Å². The normalized spacial score (nSPS) is 11.4. The van der Waals surface area contributed by atoms with Crippen LogP contribution in [0, 0.1) is 12.7 Å². The van der Waals surface area contributed by atoms with Crippen molar-refractivity contribution < 1.29 is 41.3 Å². The minimum Gasteiger partial charge on any atom is -0.493 e. The maximum absolute atomic E-state index is 14.2. The number of methoxy groups -OCH3 is 2. The van der Waals surface area contributed by atoms with Gasteiger partial charge in [-0.3, -0.25) is 9.78 Å². The van der Waals surface area contributed by atoms with Gasteiger partial charge in [0.05, 0.1) is 49.5 Å². The zero-order valence-corrected chi connectivity index (χ0v) is 24.0. The molecule has 0 fully saturated rings. The SMILES string of the molecule is CCOc1cn(-c2ccc(F)cc2C)nc1C(=O)Nc1ccc(Oc2ccnc3cc(OC)c(OC)cc23)cc1C(F)(F)F. The van der Waals surface area contributed by atoms with Crippen LogP contribution in [0.5, 0.6) is 28.7 Å². The number of nitrogens with one attached hydrogen (secondary N) is 1. The number of anilines is 1. The number of aryl methyl sites for hydroxylation is 1. The fourth-order valence-corrected chi connectivity index (χ4v) is 4.55. The Morgan fingerprint density at radius 2 is 1.70 bits per heavy atom. The maximum Gasteiger partial charge on any atom is 0.418 e. The summed E-state index contributed by atoms with van der Waals surface area (Å²) in [5.74, 6) is -0.450. The van der Waals surface area contributed by atoms with Crippen molar-refractivity contribution in [3.8, 4) is 34.4 Å². The van der Waals surface area contributed by atoms with E-state index in [9.17, 15) is 22.4 Å². The Hall–Kier alpha value is -5.33. The second-order valence-electron chi connectivity index (χ2n) is 9.45. The third kappa shape index (κ3) is 6.07. The first kappa shape index (κ1) is 30.1. The van der Waals surface area contributed by atoms with Crippen LogP contribution in [0.3, 0.4) is 0 Å². The summed E-state index contributed by atoms with van der Waals surface area (Å²) >= 11 is 0. The van der Waals surface area contributed by atoms with Crippen LogP contribution in [0.1, 0.15) is 28.5 Å². The summed E-state index contributed by atoms with van der Waals surface area (Å²) in [6.45, 7) is 3.50. The molecule has 5 aromatic rings. The summed E-state index contributed by atoms with van der Waals surface area (Å²) in [4.78, 5) is 17.5. The van der Waals surface area contributed by atoms with Crippen LogP contribution >= 0.6 is 0 Å². The number of hydrogen-bond donors (Lipinski definition) is 1. The van der Waals surface area contributed by atoms with Crippen molar-refractivity contribution in [2.24, 2.45) is 0 Å². The van der Waals surface area contributed by atoms with Crippen LogP contribution < -0.4 is 24.3 Å². The van der Waals surface area contributed by atoms with Crippen LogP contribution in [-0.2, 0) is 6.18 Å². The number of ether oxygens (including phenoxy) is 4. The minimum absolute atomic E-state index is 0.0406. The van der Waals surface area contributed by atoms with E-state index in [-0.39, 0.29) is 29.5 Å². The van der Waals surface area contributed by atoms with E-state index in [0.717, 1.165) is 12.1 Å². The quantitative estimate of drug-likeness (QED) is 0.174. The highest BCUT2D eigenvalue weighted by molar-refractivity contribution is 6.05. The lowest BCUT2D eigenvalue weighted by molar-refractivity contribution is -0.137. The summed E-state index contributed by atoms with van der Waals surface area (Å²) in [5.41, 5.74) is -0.457. The molecular weight excluding hydrogens is 584 g/mol. The van der Waals surface area contributed by atoms with E-state index in [0.29, 0.717) is 33.7 Å². The highest BCUT2D eigenvalue weighted by atomic mass is 19.4. The standard InChI is InChI=1S/C31H26F4N4O5/c1-5-43-28-16-39(24-9-6-18(32)12-17(24)2)38-29(28)30(40)37-22-8-7-19(13-21(22)31(33,34)35)44-25-10-11-36-23-15-27(42-4)26(41-3)14-20(23)25/h6-16H,5H2,1-4H3,(H,37,40). The lowest BCUT2D eigenvalue weighted by Crippen LogP contribution is -2.18. The van der Waals surface area contributed by atoms with Gasteiger partial charge in [-0.1, -0.05) is 0 Å². The topological polar surface area (TPSA) is 96.7 Å². The molecule has 0 spiro atoms. The van der Waals surface area contributed by atoms with E-state index in [1.807, 2.05) is 0 Å². The lowest BCUT2D eigenvalue weighted by atomic mass is 10.1. The Morgan fingerprint density at radius 3 is 2.39 bits per heavy atom. The molecular formula is C31H26F4N4O5. The highest BCUT2D eigenvalue weighted by Gasteiger charge is 2.35. The molecule has 0 bridgehead atoms. The number of benzene rings is 3. The number of rotatable bonds is 9. The summed E-state index contributed by atoms with van der Waals surface area (Å²) in [7, 11) is 2.92. The first-order valence-electron chi connectivity index (χ1n) is 13.2. The van der Waals surface area contributed by atoms with Gasteiger partial charge < -0.3 is 24.3 Å². The monoisotopic (exact) mass is 610 g/mol. The van der Waals surface area contributed by atoms with Gasteiger partial charge in [0, 0.05) is 17.6 Å². The fraction of sp³-hybridized carbons (Fsp3) is 0.194. The van der Waals surface area contributed by atoms with Gasteiger partial charge in [0.25, 0.3) is 5.91 Å². The molecule has 9 nitrogen and oxygen atoms in total. The second kappa shape index (κ2) is 12.1. The number of aromatic nitrogens is 3. The average molecular weight is 611 g/mol. The number of carbonyl (C=O) groups excluding carboxylic acids is 1. The molecule has 3 aromatic carbocycles. The molecule has 0 aliphatic carbocycles. The molecule has 0 saturated heterocycles. The molecule has 0 unspecified atom stereocenters. The first-order chi connectivity index (χ1) is 21.0. The van der Waals surface area contributed by atoms with Crippen molar-refractivity contribution in [1.29, 1.82) is 0 Å². The molecule has 0 aliphatic rings. The van der Waals surface area contributed by atoms with Crippen molar-refractivity contribution in [3.63, 3.8) is 0 Å². The summed E-state index contributed by atoms with van der Waals surface area (Å²) in [6.07, 6.45) is -2.00. The van der Waals surface area contributed by atoms with Crippen molar-refractivity contribution in [3.05, 3.63) is 89.6 Å². The maximum atomic E-state index is 14.2. The molecule has 228 valence electrons. The molecule has 0 aliphatic heterocycles. The van der Waals surface area contributed by atoms with Crippen LogP contribution in [-0.4, -0.2) is 41.5 Å². The summed E-state index contributed by atoms with van der Waals surface area (Å²) in [6, 6.07) is 11.9. The largest absolute Gasteiger partial charge is 0.493 e. The fourth-order valence-electron chi connectivity index (χ4n) is 4.55. The van der Waals surface area contributed by atoms with Crippen molar-refractivity contribution in [1.82, 2.24) is 14.8 Å². The van der Waals surface area contributed by atoms with Gasteiger partial charge in [-0.15, -0.1) is 0 Å². The van der Waals surface area contributed by atoms with Gasteiger partial charge >= 0.3 is 6.18 Å². The smallest absolute Gasteiger partial charge is 0.418 e. The minimum atomic E-state index is -4.85. The van der Waals surface area contributed by atoms with Gasteiger partial charge in [0.2, 0.25) is 0 Å². The Balaban J connectivity index is 1.47. The molecule has 0 atom stereocenters. The molecule has 5 rings (SSSR count). The summed E-state index contributed by atoms with van der Waals surface area (Å²) < 4.78 is 79.6. The molecule has 2 heterocycles. The summed E-state index contributed by atoms with van der Waals surface area (Å²) in [5, 5.41) is 7.01. The number of fused-ring (bicyclic) bond motifs is 1. The number of carbonyl (C=O) groups is 1. The molecule has 1 N–H and O–H groups in total. The van der Waals surface area contributed by atoms with Crippen LogP contribution in [0.4, 0.5) is 23.2 Å². The number of alkyl halides is 3. The predicted octanol–water partition coefficient (Wildman–Crippen LogP) is 7.35. The van der Waals surface area contributed by atoms with Crippen LogP contribution in [0.2, 0.25) is 0 Å². The van der Waals surface area contributed by atoms with E-state index >= 15 is 0 Å². The molecule has 0 saturated carbocycles. The van der Waals surface area contributed by atoms with Gasteiger partial charge in [-0.2, -0.15) is 18.3 Å². The van der Waals surface area contributed by atoms with Gasteiger partial charge in [0.15, 0.2) is 22.9 Å². The van der Waals surface area contributed by atoms with Crippen LogP contribution in [0.15, 0.2) is 67.0 Å². The van der Waals surface area contributed by atoms with Gasteiger partial charge in [-0.25, -0.2) is 9.07 Å². The molecule has 44 heavy (non-hydrogen) atoms. The van der Waals surface area contributed by atoms with Crippen molar-refractivity contribution in [2.45, 2.75) is 20.0 Å². The van der Waals surface area contributed by atoms with E-state index in [1.165, 1.54) is 61.6 Å². The molecule has 0 radical (unpaired) electrons. The zero-order valence-electron chi connectivity index (χ0n) is 24.0. The third-order valence-corrected chi connectivity index (χ3v) is 6.58. The van der Waals surface area contributed by atoms with Gasteiger partial charge in [0.1, 0.15) is 17.3 Å². The molecule has 1 amide bonds. The second-order valence-corrected chi connectivity index (χ2v) is 9.45. The number of nitrogens with zero attached hydrogens (tertiary/aromatic N) is 3. The Morgan fingerprint density at radius 1 is 0.955 bits per heavy atom. The van der Waals surface area contributed by atoms with E-state index in [1.54, 1.807) is 26.0 Å². The lowest BCUT2D eigenvalue weighted by Gasteiger charge is -2.16. The van der Waals surface area contributed by atoms with Gasteiger partial charge in [-0.05, 0) is 67.9 Å². The van der Waals surface area contributed by atoms with E-state index in [2.05, 4.69) is 15.4 Å². The predicted molar refractivity (Wildman–Crippen MR) is 154 cm³/mol. The molecule has 13 heteroatoms. The van der Waals surface area contributed by atoms with Crippen molar-refractivity contribution in [2.75, 3.05) is 26.1 Å². The number of halogens is 4. The van der Waals surface area contributed by atoms with Crippen molar-refractivity contribution >= 4 is 22.5 Å². The Bertz CT molecular complexity index is 1860. The Labute approximate surface area is 248 Å². The number of hydrogen-bond acceptors (Lipinski definition) is 7. The third-order valence-electron chi connectivity index (χ3n) is 6.58. The number of pyridine rings is 1. The highest BCUT2D eigenvalue weighted by Crippen LogP contribution is 2.41. The number of amides is 1. The first-order valence-corrected chi connectivity index (χ1v) is 13.2. The Kier molecular flexibility index (Phi) is 8.30. The molecule has 2 aromatic heterocycles.